The lowest BCUT2D eigenvalue weighted by Gasteiger charge is -2.55. The highest BCUT2D eigenvalue weighted by Crippen LogP contribution is 2.70. The summed E-state index contributed by atoms with van der Waals surface area (Å²) in [5.41, 5.74) is 3.92. The van der Waals surface area contributed by atoms with E-state index in [4.69, 9.17) is 4.74 Å². The van der Waals surface area contributed by atoms with E-state index in [1.165, 1.54) is 0 Å². The van der Waals surface area contributed by atoms with Crippen LogP contribution >= 0.6 is 31.9 Å². The van der Waals surface area contributed by atoms with Crippen molar-refractivity contribution in [2.45, 2.75) is 54.8 Å². The van der Waals surface area contributed by atoms with Gasteiger partial charge in [-0.3, -0.25) is 19.3 Å². The van der Waals surface area contributed by atoms with Crippen molar-refractivity contribution in [2.75, 3.05) is 6.54 Å². The van der Waals surface area contributed by atoms with Crippen LogP contribution in [0.2, 0.25) is 0 Å². The monoisotopic (exact) mass is 627 g/mol. The Bertz CT molecular complexity index is 1180. The summed E-state index contributed by atoms with van der Waals surface area (Å²) in [5.74, 6) is -1.31. The molecule has 1 saturated carbocycles. The van der Waals surface area contributed by atoms with Gasteiger partial charge in [-0.25, -0.2) is 0 Å². The zero-order valence-corrected chi connectivity index (χ0v) is 24.4. The summed E-state index contributed by atoms with van der Waals surface area (Å²) >= 11 is 7.99. The van der Waals surface area contributed by atoms with Gasteiger partial charge in [0.05, 0.1) is 20.5 Å². The Morgan fingerprint density at radius 1 is 0.919 bits per heavy atom. The molecular weight excluding hydrogens is 598 g/mol. The summed E-state index contributed by atoms with van der Waals surface area (Å²) in [6.45, 7) is 6.16. The van der Waals surface area contributed by atoms with Crippen LogP contribution in [0.25, 0.3) is 0 Å². The molecule has 4 aliphatic carbocycles. The molecule has 5 aliphatic rings. The molecule has 0 radical (unpaired) electrons. The summed E-state index contributed by atoms with van der Waals surface area (Å²) in [5, 5.41) is 0. The molecular formula is C30H31Br2NO4. The molecule has 37 heavy (non-hydrogen) atoms. The summed E-state index contributed by atoms with van der Waals surface area (Å²) in [7, 11) is 0. The molecule has 0 N–H and O–H groups in total. The van der Waals surface area contributed by atoms with Crippen molar-refractivity contribution in [1.29, 1.82) is 0 Å². The minimum absolute atomic E-state index is 0.180. The molecule has 7 heteroatoms. The van der Waals surface area contributed by atoms with E-state index in [1.54, 1.807) is 0 Å². The van der Waals surface area contributed by atoms with E-state index in [0.29, 0.717) is 17.8 Å². The first-order valence-corrected chi connectivity index (χ1v) is 14.8. The number of carbonyl (C=O) groups excluding carboxylic acids is 3. The molecule has 0 aromatic heterocycles. The molecule has 1 saturated heterocycles. The molecule has 2 fully saturated rings. The molecule has 5 atom stereocenters. The molecule has 2 aromatic rings. The average Bonchev–Trinajstić information content (AvgIpc) is 3.13. The van der Waals surface area contributed by atoms with Crippen molar-refractivity contribution in [1.82, 2.24) is 4.90 Å². The van der Waals surface area contributed by atoms with Gasteiger partial charge < -0.3 is 4.74 Å². The highest BCUT2D eigenvalue weighted by atomic mass is 79.9. The maximum atomic E-state index is 14.0. The molecule has 1 heterocycles. The molecule has 5 nitrogen and oxygen atoms in total. The maximum absolute atomic E-state index is 14.0. The number of alkyl halides is 2. The van der Waals surface area contributed by atoms with Crippen molar-refractivity contribution < 1.29 is 19.1 Å². The van der Waals surface area contributed by atoms with Crippen LogP contribution in [0.1, 0.15) is 62.3 Å². The second-order valence-corrected chi connectivity index (χ2v) is 14.1. The van der Waals surface area contributed by atoms with E-state index in [0.717, 1.165) is 46.4 Å². The standard InChI is InChI=1S/C30H31Br2NO4/c1-16(2)18-13-12-17(3)14-23(18)37-24(34)15-33-27(35)25-26(28(33)36)30(32)20-9-5-4-8-19(20)29(25,31)21-10-6-7-11-22(21)30/h4-11,16-18,23,25-26H,12-15H2,1-3H3. The van der Waals surface area contributed by atoms with Gasteiger partial charge in [0.25, 0.3) is 0 Å². The summed E-state index contributed by atoms with van der Waals surface area (Å²) in [4.78, 5) is 42.4. The number of hydrogen-bond acceptors (Lipinski definition) is 4. The zero-order chi connectivity index (χ0) is 26.3. The number of imide groups is 1. The quantitative estimate of drug-likeness (QED) is 0.240. The first-order valence-electron chi connectivity index (χ1n) is 13.2. The highest BCUT2D eigenvalue weighted by molar-refractivity contribution is 9.10. The number of rotatable bonds is 4. The van der Waals surface area contributed by atoms with Crippen molar-refractivity contribution >= 4 is 49.6 Å². The number of ether oxygens (including phenoxy) is 1. The molecule has 7 rings (SSSR count). The summed E-state index contributed by atoms with van der Waals surface area (Å²) in [6.07, 6.45) is 2.80. The lowest BCUT2D eigenvalue weighted by Crippen LogP contribution is -2.56. The number of carbonyl (C=O) groups is 3. The van der Waals surface area contributed by atoms with Crippen LogP contribution in [0.3, 0.4) is 0 Å². The van der Waals surface area contributed by atoms with Gasteiger partial charge in [-0.1, -0.05) is 108 Å². The fraction of sp³-hybridized carbons (Fsp3) is 0.500. The Labute approximate surface area is 234 Å². The van der Waals surface area contributed by atoms with E-state index in [1.807, 2.05) is 48.5 Å². The number of hydrogen-bond donors (Lipinski definition) is 0. The molecule has 1 aliphatic heterocycles. The third-order valence-electron chi connectivity index (χ3n) is 9.21. The third-order valence-corrected chi connectivity index (χ3v) is 11.9. The van der Waals surface area contributed by atoms with Gasteiger partial charge in [0.15, 0.2) is 0 Å². The number of halogens is 2. The predicted molar refractivity (Wildman–Crippen MR) is 147 cm³/mol. The van der Waals surface area contributed by atoms with Crippen LogP contribution < -0.4 is 0 Å². The number of nitrogens with zero attached hydrogens (tertiary/aromatic N) is 1. The lowest BCUT2D eigenvalue weighted by atomic mass is 9.54. The van der Waals surface area contributed by atoms with E-state index in [9.17, 15) is 14.4 Å². The van der Waals surface area contributed by atoms with Crippen molar-refractivity contribution in [3.63, 3.8) is 0 Å². The van der Waals surface area contributed by atoms with Crippen LogP contribution in [0.15, 0.2) is 48.5 Å². The number of amides is 2. The Kier molecular flexibility index (Phi) is 6.00. The maximum Gasteiger partial charge on any atom is 0.326 e. The smallest absolute Gasteiger partial charge is 0.326 e. The molecule has 194 valence electrons. The SMILES string of the molecule is CC1CCC(C(C)C)C(OC(=O)CN2C(=O)C3C(C2=O)C2(Br)c4ccccc4C3(Br)c3ccccc32)C1. The fourth-order valence-electron chi connectivity index (χ4n) is 7.47. The van der Waals surface area contributed by atoms with Crippen LogP contribution in [-0.2, 0) is 27.8 Å². The Morgan fingerprint density at radius 2 is 1.38 bits per heavy atom. The Balaban J connectivity index is 1.34. The van der Waals surface area contributed by atoms with Gasteiger partial charge in [0.1, 0.15) is 12.6 Å². The molecule has 0 spiro atoms. The van der Waals surface area contributed by atoms with Gasteiger partial charge in [-0.2, -0.15) is 0 Å². The molecule has 5 unspecified atom stereocenters. The summed E-state index contributed by atoms with van der Waals surface area (Å²) in [6, 6.07) is 15.9. The molecule has 2 aromatic carbocycles. The normalized spacial score (nSPS) is 35.8. The van der Waals surface area contributed by atoms with Gasteiger partial charge in [-0.15, -0.1) is 0 Å². The van der Waals surface area contributed by atoms with Gasteiger partial charge in [0.2, 0.25) is 11.8 Å². The van der Waals surface area contributed by atoms with Crippen molar-refractivity contribution in [3.8, 4) is 0 Å². The van der Waals surface area contributed by atoms with Crippen molar-refractivity contribution in [3.05, 3.63) is 70.8 Å². The highest BCUT2D eigenvalue weighted by Gasteiger charge is 2.72. The predicted octanol–water partition coefficient (Wildman–Crippen LogP) is 5.90. The Hall–Kier alpha value is -1.99. The minimum atomic E-state index is -0.854. The third kappa shape index (κ3) is 3.42. The van der Waals surface area contributed by atoms with E-state index < -0.39 is 26.5 Å². The lowest BCUT2D eigenvalue weighted by molar-refractivity contribution is -0.161. The topological polar surface area (TPSA) is 63.7 Å². The average molecular weight is 629 g/mol. The van der Waals surface area contributed by atoms with Gasteiger partial charge >= 0.3 is 5.97 Å². The largest absolute Gasteiger partial charge is 0.461 e. The van der Waals surface area contributed by atoms with Crippen LogP contribution in [0.5, 0.6) is 0 Å². The van der Waals surface area contributed by atoms with Crippen molar-refractivity contribution in [2.24, 2.45) is 29.6 Å². The first-order chi connectivity index (χ1) is 17.6. The zero-order valence-electron chi connectivity index (χ0n) is 21.2. The van der Waals surface area contributed by atoms with E-state index in [2.05, 4.69) is 52.6 Å². The Morgan fingerprint density at radius 3 is 1.81 bits per heavy atom. The molecule has 2 amide bonds. The molecule has 2 bridgehead atoms. The fourth-order valence-corrected chi connectivity index (χ4v) is 9.77. The van der Waals surface area contributed by atoms with E-state index >= 15 is 0 Å². The number of likely N-dealkylation sites (tertiary alicyclic amines) is 1. The second kappa shape index (κ2) is 8.77. The first kappa shape index (κ1) is 25.3. The van der Waals surface area contributed by atoms with Gasteiger partial charge in [0, 0.05) is 0 Å². The van der Waals surface area contributed by atoms with E-state index in [-0.39, 0.29) is 24.5 Å². The summed E-state index contributed by atoms with van der Waals surface area (Å²) < 4.78 is 4.27. The van der Waals surface area contributed by atoms with Crippen LogP contribution in [0.4, 0.5) is 0 Å². The number of esters is 1. The number of benzene rings is 2. The minimum Gasteiger partial charge on any atom is -0.461 e. The van der Waals surface area contributed by atoms with Crippen LogP contribution in [-0.4, -0.2) is 35.3 Å². The second-order valence-electron chi connectivity index (χ2n) is 11.6. The van der Waals surface area contributed by atoms with Gasteiger partial charge in [-0.05, 0) is 52.8 Å². The van der Waals surface area contributed by atoms with Crippen LogP contribution in [0, 0.1) is 29.6 Å².